The SMILES string of the molecule is Nc1cc(S(=O)(=O)NCc2ccco2)ccc1O. The van der Waals surface area contributed by atoms with Gasteiger partial charge in [0, 0.05) is 0 Å². The van der Waals surface area contributed by atoms with Crippen molar-refractivity contribution in [1.29, 1.82) is 0 Å². The topological polar surface area (TPSA) is 106 Å². The third-order valence-corrected chi connectivity index (χ3v) is 3.72. The van der Waals surface area contributed by atoms with Crippen molar-refractivity contribution < 1.29 is 17.9 Å². The van der Waals surface area contributed by atoms with E-state index >= 15 is 0 Å². The summed E-state index contributed by atoms with van der Waals surface area (Å²) in [6, 6.07) is 7.03. The quantitative estimate of drug-likeness (QED) is 0.567. The van der Waals surface area contributed by atoms with Crippen LogP contribution >= 0.6 is 0 Å². The number of rotatable bonds is 4. The highest BCUT2D eigenvalue weighted by atomic mass is 32.2. The number of nitrogens with two attached hydrogens (primary N) is 1. The van der Waals surface area contributed by atoms with Gasteiger partial charge in [-0.05, 0) is 30.3 Å². The zero-order chi connectivity index (χ0) is 13.2. The molecule has 2 rings (SSSR count). The Hall–Kier alpha value is -1.99. The maximum absolute atomic E-state index is 11.9. The Morgan fingerprint density at radius 1 is 1.33 bits per heavy atom. The van der Waals surface area contributed by atoms with E-state index in [0.717, 1.165) is 0 Å². The van der Waals surface area contributed by atoms with E-state index in [-0.39, 0.29) is 22.9 Å². The van der Waals surface area contributed by atoms with Gasteiger partial charge in [0.25, 0.3) is 0 Å². The smallest absolute Gasteiger partial charge is 0.241 e. The molecule has 18 heavy (non-hydrogen) atoms. The first-order chi connectivity index (χ1) is 8.49. The fourth-order valence-corrected chi connectivity index (χ4v) is 2.39. The second-order valence-electron chi connectivity index (χ2n) is 3.62. The van der Waals surface area contributed by atoms with Crippen molar-refractivity contribution in [2.75, 3.05) is 5.73 Å². The molecule has 1 heterocycles. The summed E-state index contributed by atoms with van der Waals surface area (Å²) in [5.41, 5.74) is 5.46. The lowest BCUT2D eigenvalue weighted by molar-refractivity contribution is 0.477. The van der Waals surface area contributed by atoms with Crippen molar-refractivity contribution >= 4 is 15.7 Å². The predicted molar refractivity (Wildman–Crippen MR) is 65.3 cm³/mol. The van der Waals surface area contributed by atoms with E-state index in [2.05, 4.69) is 4.72 Å². The molecule has 0 saturated heterocycles. The largest absolute Gasteiger partial charge is 0.506 e. The number of phenols is 1. The third-order valence-electron chi connectivity index (χ3n) is 2.33. The zero-order valence-corrected chi connectivity index (χ0v) is 10.1. The van der Waals surface area contributed by atoms with E-state index in [1.54, 1.807) is 12.1 Å². The first kappa shape index (κ1) is 12.5. The third kappa shape index (κ3) is 2.63. The molecule has 0 saturated carbocycles. The average molecular weight is 268 g/mol. The van der Waals surface area contributed by atoms with Crippen LogP contribution in [0.5, 0.6) is 5.75 Å². The van der Waals surface area contributed by atoms with Gasteiger partial charge in [-0.3, -0.25) is 0 Å². The number of sulfonamides is 1. The number of furan rings is 1. The highest BCUT2D eigenvalue weighted by Gasteiger charge is 2.15. The van der Waals surface area contributed by atoms with Crippen LogP contribution in [0.3, 0.4) is 0 Å². The molecule has 0 spiro atoms. The van der Waals surface area contributed by atoms with Crippen LogP contribution in [0, 0.1) is 0 Å². The summed E-state index contributed by atoms with van der Waals surface area (Å²) >= 11 is 0. The Balaban J connectivity index is 2.17. The van der Waals surface area contributed by atoms with E-state index in [4.69, 9.17) is 10.2 Å². The molecule has 0 bridgehead atoms. The Bertz CT molecular complexity index is 635. The molecule has 1 aromatic heterocycles. The molecule has 0 unspecified atom stereocenters. The van der Waals surface area contributed by atoms with Gasteiger partial charge in [0.2, 0.25) is 10.0 Å². The summed E-state index contributed by atoms with van der Waals surface area (Å²) in [5.74, 6) is 0.352. The first-order valence-corrected chi connectivity index (χ1v) is 6.58. The Labute approximate surface area is 104 Å². The summed E-state index contributed by atoms with van der Waals surface area (Å²) in [4.78, 5) is -0.00986. The van der Waals surface area contributed by atoms with Gasteiger partial charge in [0.1, 0.15) is 11.5 Å². The minimum Gasteiger partial charge on any atom is -0.506 e. The number of benzene rings is 1. The molecule has 4 N–H and O–H groups in total. The molecule has 0 aliphatic carbocycles. The second-order valence-corrected chi connectivity index (χ2v) is 5.39. The number of hydrogen-bond acceptors (Lipinski definition) is 5. The fourth-order valence-electron chi connectivity index (χ4n) is 1.36. The van der Waals surface area contributed by atoms with Crippen molar-refractivity contribution in [1.82, 2.24) is 4.72 Å². The van der Waals surface area contributed by atoms with Crippen molar-refractivity contribution in [2.24, 2.45) is 0 Å². The molecule has 96 valence electrons. The second kappa shape index (κ2) is 4.71. The van der Waals surface area contributed by atoms with Gasteiger partial charge < -0.3 is 15.3 Å². The maximum Gasteiger partial charge on any atom is 0.241 e. The number of anilines is 1. The molecular formula is C11H12N2O4S. The molecule has 0 aliphatic rings. The molecule has 0 amide bonds. The summed E-state index contributed by atoms with van der Waals surface area (Å²) in [6.07, 6.45) is 1.46. The number of aromatic hydroxyl groups is 1. The number of phenolic OH excluding ortho intramolecular Hbond substituents is 1. The summed E-state index contributed by atoms with van der Waals surface area (Å²) in [5, 5.41) is 9.23. The molecule has 0 atom stereocenters. The van der Waals surface area contributed by atoms with Crippen LogP contribution in [-0.2, 0) is 16.6 Å². The Morgan fingerprint density at radius 2 is 2.11 bits per heavy atom. The number of nitrogens with one attached hydrogen (secondary N) is 1. The fraction of sp³-hybridized carbons (Fsp3) is 0.0909. The molecule has 6 nitrogen and oxygen atoms in total. The van der Waals surface area contributed by atoms with E-state index in [9.17, 15) is 13.5 Å². The predicted octanol–water partition coefficient (Wildman–Crippen LogP) is 1.05. The Kier molecular flexibility index (Phi) is 3.26. The van der Waals surface area contributed by atoms with E-state index in [0.29, 0.717) is 5.76 Å². The van der Waals surface area contributed by atoms with Crippen molar-refractivity contribution in [3.63, 3.8) is 0 Å². The van der Waals surface area contributed by atoms with Crippen molar-refractivity contribution in [3.05, 3.63) is 42.4 Å². The highest BCUT2D eigenvalue weighted by molar-refractivity contribution is 7.89. The van der Waals surface area contributed by atoms with Crippen LogP contribution in [0.4, 0.5) is 5.69 Å². The lowest BCUT2D eigenvalue weighted by Crippen LogP contribution is -2.23. The van der Waals surface area contributed by atoms with Crippen LogP contribution in [0.1, 0.15) is 5.76 Å². The normalized spacial score (nSPS) is 11.6. The van der Waals surface area contributed by atoms with Crippen LogP contribution in [0.25, 0.3) is 0 Å². The molecule has 0 radical (unpaired) electrons. The zero-order valence-electron chi connectivity index (χ0n) is 9.33. The lowest BCUT2D eigenvalue weighted by Gasteiger charge is -2.06. The van der Waals surface area contributed by atoms with Gasteiger partial charge in [0.05, 0.1) is 23.4 Å². The minimum atomic E-state index is -3.68. The number of nitrogen functional groups attached to an aromatic ring is 1. The molecule has 2 aromatic rings. The number of hydrogen-bond donors (Lipinski definition) is 3. The van der Waals surface area contributed by atoms with Crippen LogP contribution in [0.15, 0.2) is 45.9 Å². The molecule has 1 aromatic carbocycles. The molecular weight excluding hydrogens is 256 g/mol. The standard InChI is InChI=1S/C11H12N2O4S/c12-10-6-9(3-4-11(10)14)18(15,16)13-7-8-2-1-5-17-8/h1-6,13-14H,7,12H2. The minimum absolute atomic E-state index is 0.00986. The average Bonchev–Trinajstić information content (AvgIpc) is 2.83. The molecule has 7 heteroatoms. The van der Waals surface area contributed by atoms with E-state index in [1.807, 2.05) is 0 Å². The Morgan fingerprint density at radius 3 is 2.72 bits per heavy atom. The van der Waals surface area contributed by atoms with Gasteiger partial charge >= 0.3 is 0 Å². The van der Waals surface area contributed by atoms with Gasteiger partial charge in [-0.15, -0.1) is 0 Å². The summed E-state index contributed by atoms with van der Waals surface area (Å²) in [7, 11) is -3.68. The maximum atomic E-state index is 11.9. The first-order valence-electron chi connectivity index (χ1n) is 5.09. The molecule has 0 fully saturated rings. The van der Waals surface area contributed by atoms with Gasteiger partial charge in [0.15, 0.2) is 0 Å². The molecule has 0 aliphatic heterocycles. The van der Waals surface area contributed by atoms with Crippen molar-refractivity contribution in [3.8, 4) is 5.75 Å². The van der Waals surface area contributed by atoms with Crippen LogP contribution in [0.2, 0.25) is 0 Å². The monoisotopic (exact) mass is 268 g/mol. The van der Waals surface area contributed by atoms with E-state index < -0.39 is 10.0 Å². The highest BCUT2D eigenvalue weighted by Crippen LogP contribution is 2.23. The van der Waals surface area contributed by atoms with E-state index in [1.165, 1.54) is 24.5 Å². The lowest BCUT2D eigenvalue weighted by atomic mass is 10.3. The van der Waals surface area contributed by atoms with Gasteiger partial charge in [-0.2, -0.15) is 0 Å². The van der Waals surface area contributed by atoms with Crippen molar-refractivity contribution in [2.45, 2.75) is 11.4 Å². The summed E-state index contributed by atoms with van der Waals surface area (Å²) in [6.45, 7) is 0.0517. The summed E-state index contributed by atoms with van der Waals surface area (Å²) < 4.78 is 31.2. The van der Waals surface area contributed by atoms with Gasteiger partial charge in [-0.1, -0.05) is 0 Å². The van der Waals surface area contributed by atoms with Crippen LogP contribution < -0.4 is 10.5 Å². The van der Waals surface area contributed by atoms with Gasteiger partial charge in [-0.25, -0.2) is 13.1 Å². The van der Waals surface area contributed by atoms with Crippen LogP contribution in [-0.4, -0.2) is 13.5 Å².